The highest BCUT2D eigenvalue weighted by Crippen LogP contribution is 2.31. The Bertz CT molecular complexity index is 480. The maximum atomic E-state index is 11.1. The second-order valence-electron chi connectivity index (χ2n) is 5.38. The first-order valence-electron chi connectivity index (χ1n) is 7.42. The van der Waals surface area contributed by atoms with Gasteiger partial charge in [-0.3, -0.25) is 4.79 Å². The number of benzene rings is 1. The quantitative estimate of drug-likeness (QED) is 0.820. The van der Waals surface area contributed by atoms with E-state index in [1.165, 1.54) is 0 Å². The van der Waals surface area contributed by atoms with Gasteiger partial charge < -0.3 is 14.7 Å². The second kappa shape index (κ2) is 7.66. The highest BCUT2D eigenvalue weighted by atomic mass is 35.5. The molecule has 116 valence electrons. The third-order valence-corrected chi connectivity index (χ3v) is 4.20. The van der Waals surface area contributed by atoms with Crippen LogP contribution in [0.5, 0.6) is 5.75 Å². The highest BCUT2D eigenvalue weighted by Gasteiger charge is 2.27. The fourth-order valence-electron chi connectivity index (χ4n) is 2.77. The van der Waals surface area contributed by atoms with Crippen LogP contribution < -0.4 is 4.74 Å². The molecule has 1 heterocycles. The first kappa shape index (κ1) is 16.1. The van der Waals surface area contributed by atoms with E-state index in [0.29, 0.717) is 19.7 Å². The molecule has 1 aromatic rings. The maximum absolute atomic E-state index is 11.1. The molecule has 21 heavy (non-hydrogen) atoms. The van der Waals surface area contributed by atoms with E-state index in [1.807, 2.05) is 31.2 Å². The number of nitrogens with zero attached hydrogens (tertiary/aromatic N) is 1. The molecule has 2 unspecified atom stereocenters. The van der Waals surface area contributed by atoms with Gasteiger partial charge in [0, 0.05) is 18.7 Å². The van der Waals surface area contributed by atoms with Gasteiger partial charge in [-0.1, -0.05) is 18.2 Å². The molecule has 1 aliphatic heterocycles. The van der Waals surface area contributed by atoms with Crippen LogP contribution in [0.25, 0.3) is 0 Å². The molecule has 0 amide bonds. The zero-order valence-corrected chi connectivity index (χ0v) is 13.1. The lowest BCUT2D eigenvalue weighted by Gasteiger charge is -2.32. The van der Waals surface area contributed by atoms with E-state index in [-0.39, 0.29) is 11.3 Å². The van der Waals surface area contributed by atoms with E-state index in [1.54, 1.807) is 0 Å². The van der Waals surface area contributed by atoms with Crippen molar-refractivity contribution in [3.8, 4) is 5.75 Å². The van der Waals surface area contributed by atoms with Gasteiger partial charge in [-0.15, -0.1) is 11.6 Å². The van der Waals surface area contributed by atoms with Crippen LogP contribution in [0.4, 0.5) is 0 Å². The summed E-state index contributed by atoms with van der Waals surface area (Å²) >= 11 is 6.54. The van der Waals surface area contributed by atoms with Gasteiger partial charge in [-0.05, 0) is 32.4 Å². The van der Waals surface area contributed by atoms with Crippen molar-refractivity contribution >= 4 is 17.6 Å². The SMILES string of the molecule is CCOc1ccccc1C(Cl)CN1CCCC(C(=O)O)C1. The molecule has 1 N–H and O–H groups in total. The number of hydrogen-bond acceptors (Lipinski definition) is 3. The topological polar surface area (TPSA) is 49.8 Å². The molecule has 0 saturated carbocycles. The Morgan fingerprint density at radius 3 is 3.00 bits per heavy atom. The minimum absolute atomic E-state index is 0.194. The molecule has 2 rings (SSSR count). The number of aliphatic carboxylic acids is 1. The van der Waals surface area contributed by atoms with Gasteiger partial charge in [0.25, 0.3) is 0 Å². The van der Waals surface area contributed by atoms with Crippen LogP contribution in [-0.4, -0.2) is 42.2 Å². The van der Waals surface area contributed by atoms with E-state index in [0.717, 1.165) is 30.7 Å². The zero-order valence-electron chi connectivity index (χ0n) is 12.3. The number of ether oxygens (including phenoxy) is 1. The molecular weight excluding hydrogens is 290 g/mol. The van der Waals surface area contributed by atoms with Gasteiger partial charge in [0.15, 0.2) is 0 Å². The Balaban J connectivity index is 2.00. The minimum Gasteiger partial charge on any atom is -0.494 e. The number of hydrogen-bond donors (Lipinski definition) is 1. The van der Waals surface area contributed by atoms with Crippen molar-refractivity contribution in [2.45, 2.75) is 25.1 Å². The molecule has 0 aromatic heterocycles. The number of piperidine rings is 1. The van der Waals surface area contributed by atoms with Gasteiger partial charge in [-0.25, -0.2) is 0 Å². The van der Waals surface area contributed by atoms with Gasteiger partial charge in [0.2, 0.25) is 0 Å². The number of para-hydroxylation sites is 1. The van der Waals surface area contributed by atoms with Gasteiger partial charge in [-0.2, -0.15) is 0 Å². The molecule has 0 aliphatic carbocycles. The average Bonchev–Trinajstić information content (AvgIpc) is 2.48. The standard InChI is InChI=1S/C16H22ClNO3/c1-2-21-15-8-4-3-7-13(15)14(17)11-18-9-5-6-12(10-18)16(19)20/h3-4,7-8,12,14H,2,5-6,9-11H2,1H3,(H,19,20). The molecule has 5 heteroatoms. The van der Waals surface area contributed by atoms with Crippen molar-refractivity contribution in [3.05, 3.63) is 29.8 Å². The van der Waals surface area contributed by atoms with Gasteiger partial charge in [0.05, 0.1) is 17.9 Å². The van der Waals surface area contributed by atoms with Crippen molar-refractivity contribution in [1.29, 1.82) is 0 Å². The molecule has 4 nitrogen and oxygen atoms in total. The van der Waals surface area contributed by atoms with E-state index >= 15 is 0 Å². The van der Waals surface area contributed by atoms with Crippen LogP contribution in [0, 0.1) is 5.92 Å². The summed E-state index contributed by atoms with van der Waals surface area (Å²) in [5.74, 6) is -0.169. The molecule has 1 fully saturated rings. The summed E-state index contributed by atoms with van der Waals surface area (Å²) in [6, 6.07) is 7.77. The minimum atomic E-state index is -0.708. The lowest BCUT2D eigenvalue weighted by Crippen LogP contribution is -2.40. The number of carbonyl (C=O) groups is 1. The number of rotatable bonds is 6. The smallest absolute Gasteiger partial charge is 0.307 e. The molecule has 2 atom stereocenters. The predicted molar refractivity (Wildman–Crippen MR) is 83.0 cm³/mol. The Kier molecular flexibility index (Phi) is 5.88. The third-order valence-electron chi connectivity index (χ3n) is 3.83. The number of likely N-dealkylation sites (tertiary alicyclic amines) is 1. The first-order valence-corrected chi connectivity index (χ1v) is 7.86. The zero-order chi connectivity index (χ0) is 15.2. The number of carboxylic acid groups (broad SMARTS) is 1. The van der Waals surface area contributed by atoms with Crippen LogP contribution >= 0.6 is 11.6 Å². The lowest BCUT2D eigenvalue weighted by atomic mass is 9.98. The molecule has 0 bridgehead atoms. The lowest BCUT2D eigenvalue weighted by molar-refractivity contribution is -0.143. The van der Waals surface area contributed by atoms with Crippen molar-refractivity contribution < 1.29 is 14.6 Å². The second-order valence-corrected chi connectivity index (χ2v) is 5.90. The third kappa shape index (κ3) is 4.35. The summed E-state index contributed by atoms with van der Waals surface area (Å²) in [6.07, 6.45) is 1.67. The molecule has 0 spiro atoms. The summed E-state index contributed by atoms with van der Waals surface area (Å²) in [6.45, 7) is 4.68. The average molecular weight is 312 g/mol. The maximum Gasteiger partial charge on any atom is 0.307 e. The summed E-state index contributed by atoms with van der Waals surface area (Å²) < 4.78 is 5.61. The molecule has 1 aliphatic rings. The predicted octanol–water partition coefficient (Wildman–Crippen LogP) is 3.16. The van der Waals surface area contributed by atoms with Gasteiger partial charge in [0.1, 0.15) is 5.75 Å². The number of alkyl halides is 1. The Labute approximate surface area is 130 Å². The van der Waals surface area contributed by atoms with Crippen molar-refractivity contribution in [2.75, 3.05) is 26.2 Å². The molecule has 0 radical (unpaired) electrons. The van der Waals surface area contributed by atoms with E-state index in [4.69, 9.17) is 21.4 Å². The fraction of sp³-hybridized carbons (Fsp3) is 0.562. The van der Waals surface area contributed by atoms with Crippen LogP contribution in [0.3, 0.4) is 0 Å². The van der Waals surface area contributed by atoms with Crippen LogP contribution in [0.15, 0.2) is 24.3 Å². The summed E-state index contributed by atoms with van der Waals surface area (Å²) in [7, 11) is 0. The first-order chi connectivity index (χ1) is 10.1. The molecule has 1 aromatic carbocycles. The summed E-state index contributed by atoms with van der Waals surface area (Å²) in [4.78, 5) is 13.3. The summed E-state index contributed by atoms with van der Waals surface area (Å²) in [5, 5.41) is 8.95. The Morgan fingerprint density at radius 1 is 1.52 bits per heavy atom. The Morgan fingerprint density at radius 2 is 2.29 bits per heavy atom. The monoisotopic (exact) mass is 311 g/mol. The largest absolute Gasteiger partial charge is 0.494 e. The Hall–Kier alpha value is -1.26. The number of halogens is 1. The van der Waals surface area contributed by atoms with E-state index < -0.39 is 5.97 Å². The molecule has 1 saturated heterocycles. The molecular formula is C16H22ClNO3. The normalized spacial score (nSPS) is 21.0. The van der Waals surface area contributed by atoms with Crippen LogP contribution in [-0.2, 0) is 4.79 Å². The highest BCUT2D eigenvalue weighted by molar-refractivity contribution is 6.21. The van der Waals surface area contributed by atoms with Crippen LogP contribution in [0.2, 0.25) is 0 Å². The van der Waals surface area contributed by atoms with E-state index in [9.17, 15) is 4.79 Å². The number of carboxylic acids is 1. The van der Waals surface area contributed by atoms with Crippen molar-refractivity contribution in [2.24, 2.45) is 5.92 Å². The van der Waals surface area contributed by atoms with Crippen LogP contribution in [0.1, 0.15) is 30.7 Å². The van der Waals surface area contributed by atoms with Gasteiger partial charge >= 0.3 is 5.97 Å². The van der Waals surface area contributed by atoms with E-state index in [2.05, 4.69) is 4.90 Å². The van der Waals surface area contributed by atoms with Crippen molar-refractivity contribution in [1.82, 2.24) is 4.90 Å². The van der Waals surface area contributed by atoms with Crippen molar-refractivity contribution in [3.63, 3.8) is 0 Å². The fourth-order valence-corrected chi connectivity index (χ4v) is 3.15. The summed E-state index contributed by atoms with van der Waals surface area (Å²) in [5.41, 5.74) is 0.971.